The Morgan fingerprint density at radius 1 is 1.24 bits per heavy atom. The first-order valence-electron chi connectivity index (χ1n) is 9.13. The van der Waals surface area contributed by atoms with Gasteiger partial charge in [0.15, 0.2) is 0 Å². The third-order valence-electron chi connectivity index (χ3n) is 4.51. The fraction of sp³-hybridized carbons (Fsp3) is 0.350. The van der Waals surface area contributed by atoms with Crippen molar-refractivity contribution in [1.82, 2.24) is 24.8 Å². The number of carbonyl (C=O) groups excluding carboxylic acids is 1. The fourth-order valence-electron chi connectivity index (χ4n) is 2.95. The molecule has 1 amide bonds. The van der Waals surface area contributed by atoms with Crippen LogP contribution in [0.4, 0.5) is 5.82 Å². The van der Waals surface area contributed by atoms with Crippen molar-refractivity contribution in [3.05, 3.63) is 47.2 Å². The predicted octanol–water partition coefficient (Wildman–Crippen LogP) is 3.44. The van der Waals surface area contributed by atoms with Gasteiger partial charge in [-0.2, -0.15) is 5.26 Å². The van der Waals surface area contributed by atoms with E-state index in [0.717, 1.165) is 16.9 Å². The molecule has 0 unspecified atom stereocenters. The number of thioether (sulfide) groups is 1. The zero-order valence-corrected chi connectivity index (χ0v) is 17.9. The van der Waals surface area contributed by atoms with Crippen molar-refractivity contribution in [2.75, 3.05) is 11.1 Å². The van der Waals surface area contributed by atoms with Gasteiger partial charge in [-0.05, 0) is 62.7 Å². The maximum atomic E-state index is 12.7. The molecule has 2 aromatic heterocycles. The predicted molar refractivity (Wildman–Crippen MR) is 112 cm³/mol. The summed E-state index contributed by atoms with van der Waals surface area (Å²) in [5.41, 5.74) is 2.81. The topological polar surface area (TPSA) is 101 Å². The molecule has 3 aromatic rings. The Morgan fingerprint density at radius 3 is 2.55 bits per heavy atom. The van der Waals surface area contributed by atoms with Crippen LogP contribution < -0.4 is 5.32 Å². The van der Waals surface area contributed by atoms with Gasteiger partial charge in [0.05, 0.1) is 16.9 Å². The molecule has 8 nitrogen and oxygen atoms in total. The maximum Gasteiger partial charge on any atom is 0.236 e. The monoisotopic (exact) mass is 409 g/mol. The van der Waals surface area contributed by atoms with Crippen molar-refractivity contribution in [1.29, 1.82) is 5.26 Å². The minimum atomic E-state index is -0.285. The van der Waals surface area contributed by atoms with Crippen LogP contribution in [0.5, 0.6) is 0 Å². The van der Waals surface area contributed by atoms with Crippen LogP contribution in [0.2, 0.25) is 0 Å². The summed E-state index contributed by atoms with van der Waals surface area (Å²) in [5, 5.41) is 24.9. The second kappa shape index (κ2) is 8.09. The quantitative estimate of drug-likeness (QED) is 0.648. The first kappa shape index (κ1) is 20.6. The maximum absolute atomic E-state index is 12.7. The van der Waals surface area contributed by atoms with Crippen LogP contribution in [-0.2, 0) is 10.3 Å². The molecular formula is C20H23N7OS. The second-order valence-electron chi connectivity index (χ2n) is 7.60. The van der Waals surface area contributed by atoms with Gasteiger partial charge in [0.2, 0.25) is 11.1 Å². The van der Waals surface area contributed by atoms with Crippen molar-refractivity contribution in [2.24, 2.45) is 0 Å². The number of aromatic nitrogens is 5. The standard InChI is InChI=1S/C20H23N7OS/c1-13-14(2)26(15-9-7-6-8-10-15)18(16(13)11-21)22-17(28)12-29-19-23-24-25-27(19)20(3,4)5/h6-10H,12H2,1-5H3,(H,22,28). The Balaban J connectivity index is 1.85. The highest BCUT2D eigenvalue weighted by Gasteiger charge is 2.23. The van der Waals surface area contributed by atoms with Crippen molar-refractivity contribution in [2.45, 2.75) is 45.3 Å². The number of nitrogens with zero attached hydrogens (tertiary/aromatic N) is 6. The van der Waals surface area contributed by atoms with Gasteiger partial charge < -0.3 is 5.32 Å². The lowest BCUT2D eigenvalue weighted by Gasteiger charge is -2.19. The van der Waals surface area contributed by atoms with Gasteiger partial charge in [-0.15, -0.1) is 5.10 Å². The van der Waals surface area contributed by atoms with Crippen molar-refractivity contribution in [3.63, 3.8) is 0 Å². The van der Waals surface area contributed by atoms with Gasteiger partial charge in [0, 0.05) is 11.4 Å². The van der Waals surface area contributed by atoms with E-state index in [2.05, 4.69) is 26.9 Å². The second-order valence-corrected chi connectivity index (χ2v) is 8.54. The third kappa shape index (κ3) is 4.17. The molecule has 0 bridgehead atoms. The molecule has 1 aromatic carbocycles. The molecule has 1 N–H and O–H groups in total. The van der Waals surface area contributed by atoms with E-state index < -0.39 is 0 Å². The van der Waals surface area contributed by atoms with Gasteiger partial charge in [-0.3, -0.25) is 9.36 Å². The third-order valence-corrected chi connectivity index (χ3v) is 5.43. The SMILES string of the molecule is Cc1c(C#N)c(NC(=O)CSc2nnnn2C(C)(C)C)n(-c2ccccc2)c1C. The van der Waals surface area contributed by atoms with Gasteiger partial charge >= 0.3 is 0 Å². The summed E-state index contributed by atoms with van der Waals surface area (Å²) >= 11 is 1.26. The molecule has 0 saturated heterocycles. The number of nitriles is 1. The number of anilines is 1. The van der Waals surface area contributed by atoms with Gasteiger partial charge in [-0.1, -0.05) is 30.0 Å². The summed E-state index contributed by atoms with van der Waals surface area (Å²) in [4.78, 5) is 12.7. The molecule has 2 heterocycles. The highest BCUT2D eigenvalue weighted by Crippen LogP contribution is 2.30. The molecule has 0 aliphatic rings. The molecule has 3 rings (SSSR count). The van der Waals surface area contributed by atoms with Gasteiger partial charge in [-0.25, -0.2) is 4.68 Å². The average molecular weight is 410 g/mol. The highest BCUT2D eigenvalue weighted by molar-refractivity contribution is 7.99. The number of amides is 1. The van der Waals surface area contributed by atoms with E-state index in [9.17, 15) is 10.1 Å². The van der Waals surface area contributed by atoms with Crippen molar-refractivity contribution >= 4 is 23.5 Å². The lowest BCUT2D eigenvalue weighted by atomic mass is 10.1. The van der Waals surface area contributed by atoms with Crippen molar-refractivity contribution < 1.29 is 4.79 Å². The molecule has 0 fully saturated rings. The van der Waals surface area contributed by atoms with Crippen LogP contribution in [-0.4, -0.2) is 36.4 Å². The number of hydrogen-bond acceptors (Lipinski definition) is 6. The summed E-state index contributed by atoms with van der Waals surface area (Å²) < 4.78 is 3.59. The summed E-state index contributed by atoms with van der Waals surface area (Å²) in [6.07, 6.45) is 0. The van der Waals surface area contributed by atoms with E-state index >= 15 is 0 Å². The minimum absolute atomic E-state index is 0.124. The molecule has 29 heavy (non-hydrogen) atoms. The Kier molecular flexibility index (Phi) is 5.75. The Labute approximate surface area is 173 Å². The largest absolute Gasteiger partial charge is 0.310 e. The smallest absolute Gasteiger partial charge is 0.236 e. The van der Waals surface area contributed by atoms with E-state index in [-0.39, 0.29) is 17.2 Å². The lowest BCUT2D eigenvalue weighted by Crippen LogP contribution is -2.25. The molecular weight excluding hydrogens is 386 g/mol. The zero-order chi connectivity index (χ0) is 21.2. The van der Waals surface area contributed by atoms with Crippen LogP contribution in [0.15, 0.2) is 35.5 Å². The summed E-state index contributed by atoms with van der Waals surface area (Å²) in [5.74, 6) is 0.374. The highest BCUT2D eigenvalue weighted by atomic mass is 32.2. The number of benzene rings is 1. The normalized spacial score (nSPS) is 11.3. The summed E-state index contributed by atoms with van der Waals surface area (Å²) in [6.45, 7) is 9.79. The van der Waals surface area contributed by atoms with Crippen LogP contribution in [0.3, 0.4) is 0 Å². The number of hydrogen-bond donors (Lipinski definition) is 1. The Hall–Kier alpha value is -3.12. The number of tetrazole rings is 1. The molecule has 0 saturated carbocycles. The number of nitrogens with one attached hydrogen (secondary N) is 1. The fourth-order valence-corrected chi connectivity index (χ4v) is 3.81. The average Bonchev–Trinajstić information content (AvgIpc) is 3.24. The molecule has 9 heteroatoms. The zero-order valence-electron chi connectivity index (χ0n) is 17.1. The first-order valence-corrected chi connectivity index (χ1v) is 10.1. The molecule has 0 radical (unpaired) electrons. The summed E-state index contributed by atoms with van der Waals surface area (Å²) in [7, 11) is 0. The number of carbonyl (C=O) groups is 1. The van der Waals surface area contributed by atoms with E-state index in [0.29, 0.717) is 16.5 Å². The minimum Gasteiger partial charge on any atom is -0.310 e. The Morgan fingerprint density at radius 2 is 1.93 bits per heavy atom. The van der Waals surface area contributed by atoms with E-state index in [1.165, 1.54) is 11.8 Å². The van der Waals surface area contributed by atoms with Crippen molar-refractivity contribution in [3.8, 4) is 11.8 Å². The number of para-hydroxylation sites is 1. The van der Waals surface area contributed by atoms with Crippen LogP contribution in [0, 0.1) is 25.2 Å². The molecule has 0 aliphatic heterocycles. The molecule has 150 valence electrons. The molecule has 0 spiro atoms. The Bertz CT molecular complexity index is 1070. The van der Waals surface area contributed by atoms with Crippen LogP contribution >= 0.6 is 11.8 Å². The van der Waals surface area contributed by atoms with Crippen LogP contribution in [0.1, 0.15) is 37.6 Å². The molecule has 0 aliphatic carbocycles. The van der Waals surface area contributed by atoms with Gasteiger partial charge in [0.1, 0.15) is 11.9 Å². The van der Waals surface area contributed by atoms with E-state index in [4.69, 9.17) is 0 Å². The number of rotatable bonds is 5. The lowest BCUT2D eigenvalue weighted by molar-refractivity contribution is -0.113. The first-order chi connectivity index (χ1) is 13.7. The summed E-state index contributed by atoms with van der Waals surface area (Å²) in [6, 6.07) is 11.9. The molecule has 0 atom stereocenters. The van der Waals surface area contributed by atoms with Gasteiger partial charge in [0.25, 0.3) is 0 Å². The van der Waals surface area contributed by atoms with Crippen LogP contribution in [0.25, 0.3) is 5.69 Å². The van der Waals surface area contributed by atoms with E-state index in [1.54, 1.807) is 4.68 Å². The van der Waals surface area contributed by atoms with E-state index in [1.807, 2.05) is 69.5 Å².